The molecular formula is C11H18N2O2S2. The molecule has 1 aliphatic rings. The first-order chi connectivity index (χ1) is 7.93. The first-order valence-corrected chi connectivity index (χ1v) is 8.53. The van der Waals surface area contributed by atoms with Crippen LogP contribution < -0.4 is 5.32 Å². The molecule has 0 amide bonds. The number of hydrogen-bond donors (Lipinski definition) is 1. The van der Waals surface area contributed by atoms with Crippen molar-refractivity contribution in [3.63, 3.8) is 0 Å². The number of nitrogens with zero attached hydrogens (tertiary/aromatic N) is 1. The summed E-state index contributed by atoms with van der Waals surface area (Å²) in [4.78, 5) is 5.75. The molecule has 0 radical (unpaired) electrons. The Labute approximate surface area is 106 Å². The molecular weight excluding hydrogens is 256 g/mol. The number of sulfone groups is 1. The summed E-state index contributed by atoms with van der Waals surface area (Å²) in [5, 5.41) is 3.36. The molecule has 1 saturated carbocycles. The second-order valence-corrected chi connectivity index (χ2v) is 8.12. The van der Waals surface area contributed by atoms with E-state index in [-0.39, 0.29) is 0 Å². The normalized spacial score (nSPS) is 18.3. The first kappa shape index (κ1) is 13.0. The third kappa shape index (κ3) is 2.86. The van der Waals surface area contributed by atoms with Crippen LogP contribution in [0, 0.1) is 0 Å². The quantitative estimate of drug-likeness (QED) is 0.890. The van der Waals surface area contributed by atoms with E-state index in [1.54, 1.807) is 6.92 Å². The zero-order valence-corrected chi connectivity index (χ0v) is 12.0. The summed E-state index contributed by atoms with van der Waals surface area (Å²) in [5.41, 5.74) is 1.12. The van der Waals surface area contributed by atoms with Crippen LogP contribution in [0.15, 0.2) is 0 Å². The van der Waals surface area contributed by atoms with Gasteiger partial charge in [-0.25, -0.2) is 13.4 Å². The maximum atomic E-state index is 11.5. The molecule has 2 rings (SSSR count). The summed E-state index contributed by atoms with van der Waals surface area (Å²) >= 11 is 1.53. The maximum Gasteiger partial charge on any atom is 0.156 e. The molecule has 1 aliphatic carbocycles. The zero-order chi connectivity index (χ0) is 12.6. The van der Waals surface area contributed by atoms with Crippen LogP contribution in [0.2, 0.25) is 0 Å². The Balaban J connectivity index is 2.33. The smallest absolute Gasteiger partial charge is 0.156 e. The van der Waals surface area contributed by atoms with Crippen LogP contribution in [0.25, 0.3) is 0 Å². The largest absolute Gasteiger partial charge is 0.315 e. The third-order valence-corrected chi connectivity index (χ3v) is 5.95. The van der Waals surface area contributed by atoms with Gasteiger partial charge >= 0.3 is 0 Å². The summed E-state index contributed by atoms with van der Waals surface area (Å²) in [6, 6.07) is 0. The summed E-state index contributed by atoms with van der Waals surface area (Å²) in [7, 11) is -1.15. The van der Waals surface area contributed by atoms with Crippen LogP contribution in [0.5, 0.6) is 0 Å². The Morgan fingerprint density at radius 2 is 2.18 bits per heavy atom. The van der Waals surface area contributed by atoms with E-state index in [9.17, 15) is 8.42 Å². The molecule has 1 atom stereocenters. The molecule has 1 N–H and O–H groups in total. The molecule has 0 spiro atoms. The Bertz CT molecular complexity index is 504. The Kier molecular flexibility index (Phi) is 3.56. The van der Waals surface area contributed by atoms with E-state index >= 15 is 0 Å². The van der Waals surface area contributed by atoms with Gasteiger partial charge in [-0.1, -0.05) is 0 Å². The minimum atomic E-state index is -3.05. The van der Waals surface area contributed by atoms with Crippen molar-refractivity contribution < 1.29 is 8.42 Å². The van der Waals surface area contributed by atoms with Gasteiger partial charge in [-0.15, -0.1) is 11.3 Å². The second kappa shape index (κ2) is 4.66. The highest BCUT2D eigenvalue weighted by atomic mass is 32.2. The van der Waals surface area contributed by atoms with Crippen molar-refractivity contribution in [1.29, 1.82) is 0 Å². The van der Waals surface area contributed by atoms with Gasteiger partial charge in [-0.3, -0.25) is 0 Å². The van der Waals surface area contributed by atoms with E-state index in [1.807, 2.05) is 7.05 Å². The highest BCUT2D eigenvalue weighted by Crippen LogP contribution is 2.43. The molecule has 17 heavy (non-hydrogen) atoms. The molecule has 1 heterocycles. The van der Waals surface area contributed by atoms with Crippen molar-refractivity contribution in [2.24, 2.45) is 0 Å². The summed E-state index contributed by atoms with van der Waals surface area (Å²) in [5.74, 6) is 0.565. The van der Waals surface area contributed by atoms with E-state index in [4.69, 9.17) is 0 Å². The van der Waals surface area contributed by atoms with Gasteiger partial charge in [-0.05, 0) is 26.8 Å². The molecule has 1 fully saturated rings. The number of hydrogen-bond acceptors (Lipinski definition) is 5. The molecule has 1 unspecified atom stereocenters. The minimum Gasteiger partial charge on any atom is -0.315 e. The van der Waals surface area contributed by atoms with Gasteiger partial charge in [-0.2, -0.15) is 0 Å². The molecule has 1 aromatic heterocycles. The Morgan fingerprint density at radius 3 is 2.65 bits per heavy atom. The Hall–Kier alpha value is -0.460. The van der Waals surface area contributed by atoms with E-state index in [0.717, 1.165) is 17.2 Å². The van der Waals surface area contributed by atoms with Crippen molar-refractivity contribution in [3.8, 4) is 0 Å². The SMILES string of the molecule is CNCc1sc(C(C)S(C)(=O)=O)nc1C1CC1. The monoisotopic (exact) mass is 274 g/mol. The summed E-state index contributed by atoms with van der Waals surface area (Å²) < 4.78 is 23.1. The molecule has 6 heteroatoms. The van der Waals surface area contributed by atoms with E-state index in [0.29, 0.717) is 5.92 Å². The number of nitrogens with one attached hydrogen (secondary N) is 1. The molecule has 96 valence electrons. The van der Waals surface area contributed by atoms with Gasteiger partial charge in [0.25, 0.3) is 0 Å². The number of aromatic nitrogens is 1. The predicted molar refractivity (Wildman–Crippen MR) is 70.1 cm³/mol. The zero-order valence-electron chi connectivity index (χ0n) is 10.4. The highest BCUT2D eigenvalue weighted by molar-refractivity contribution is 7.91. The van der Waals surface area contributed by atoms with Gasteiger partial charge in [0.1, 0.15) is 10.3 Å². The number of thiazole rings is 1. The van der Waals surface area contributed by atoms with Crippen LogP contribution in [-0.2, 0) is 16.4 Å². The topological polar surface area (TPSA) is 59.1 Å². The minimum absolute atomic E-state index is 0.490. The molecule has 0 saturated heterocycles. The predicted octanol–water partition coefficient (Wildman–Crippen LogP) is 1.85. The average molecular weight is 274 g/mol. The highest BCUT2D eigenvalue weighted by Gasteiger charge is 2.31. The lowest BCUT2D eigenvalue weighted by atomic mass is 10.2. The van der Waals surface area contributed by atoms with Gasteiger partial charge in [0.2, 0.25) is 0 Å². The maximum absolute atomic E-state index is 11.5. The van der Waals surface area contributed by atoms with Gasteiger partial charge < -0.3 is 5.32 Å². The van der Waals surface area contributed by atoms with Crippen molar-refractivity contribution >= 4 is 21.2 Å². The fourth-order valence-electron chi connectivity index (χ4n) is 1.70. The van der Waals surface area contributed by atoms with Gasteiger partial charge in [0.15, 0.2) is 9.84 Å². The number of rotatable bonds is 5. The van der Waals surface area contributed by atoms with Gasteiger partial charge in [0, 0.05) is 23.6 Å². The van der Waals surface area contributed by atoms with Crippen LogP contribution in [0.4, 0.5) is 0 Å². The fourth-order valence-corrected chi connectivity index (χ4v) is 3.89. The van der Waals surface area contributed by atoms with Crippen molar-refractivity contribution in [2.75, 3.05) is 13.3 Å². The van der Waals surface area contributed by atoms with Gasteiger partial charge in [0.05, 0.1) is 5.69 Å². The summed E-state index contributed by atoms with van der Waals surface area (Å²) in [6.07, 6.45) is 3.65. The summed E-state index contributed by atoms with van der Waals surface area (Å²) in [6.45, 7) is 2.49. The lowest BCUT2D eigenvalue weighted by Crippen LogP contribution is -2.07. The van der Waals surface area contributed by atoms with Crippen molar-refractivity contribution in [1.82, 2.24) is 10.3 Å². The van der Waals surface area contributed by atoms with Crippen LogP contribution in [-0.4, -0.2) is 26.7 Å². The van der Waals surface area contributed by atoms with E-state index in [1.165, 1.54) is 35.3 Å². The lowest BCUT2D eigenvalue weighted by Gasteiger charge is -2.03. The molecule has 0 bridgehead atoms. The Morgan fingerprint density at radius 1 is 1.53 bits per heavy atom. The van der Waals surface area contributed by atoms with Crippen molar-refractivity contribution in [3.05, 3.63) is 15.6 Å². The molecule has 0 aromatic carbocycles. The first-order valence-electron chi connectivity index (χ1n) is 5.76. The van der Waals surface area contributed by atoms with E-state index in [2.05, 4.69) is 10.3 Å². The fraction of sp³-hybridized carbons (Fsp3) is 0.727. The molecule has 4 nitrogen and oxygen atoms in total. The van der Waals surface area contributed by atoms with Crippen molar-refractivity contribution in [2.45, 2.75) is 37.5 Å². The lowest BCUT2D eigenvalue weighted by molar-refractivity contribution is 0.592. The standard InChI is InChI=1S/C11H18N2O2S2/c1-7(17(3,14)15)11-13-10(8-4-5-8)9(16-11)6-12-2/h7-8,12H,4-6H2,1-3H3. The average Bonchev–Trinajstić information content (AvgIpc) is 2.99. The van der Waals surface area contributed by atoms with Crippen LogP contribution in [0.3, 0.4) is 0 Å². The van der Waals surface area contributed by atoms with E-state index < -0.39 is 15.1 Å². The molecule has 0 aliphatic heterocycles. The second-order valence-electron chi connectivity index (χ2n) is 4.64. The van der Waals surface area contributed by atoms with Crippen LogP contribution in [0.1, 0.15) is 46.5 Å². The van der Waals surface area contributed by atoms with Crippen LogP contribution >= 0.6 is 11.3 Å². The third-order valence-electron chi connectivity index (χ3n) is 3.04. The molecule has 1 aromatic rings.